The second-order valence-corrected chi connectivity index (χ2v) is 8.56. The molecule has 5 fully saturated rings. The van der Waals surface area contributed by atoms with Crippen LogP contribution in [0.4, 0.5) is 0 Å². The molecular formula is C18H32N2O. The van der Waals surface area contributed by atoms with Gasteiger partial charge in [-0.15, -0.1) is 0 Å². The Morgan fingerprint density at radius 1 is 1.14 bits per heavy atom. The van der Waals surface area contributed by atoms with Crippen molar-refractivity contribution in [2.45, 2.75) is 57.6 Å². The Morgan fingerprint density at radius 3 is 2.29 bits per heavy atom. The highest BCUT2D eigenvalue weighted by Gasteiger charge is 2.54. The molecule has 5 aliphatic rings. The van der Waals surface area contributed by atoms with E-state index in [1.165, 1.54) is 25.8 Å². The molecule has 4 bridgehead atoms. The number of morpholine rings is 1. The zero-order chi connectivity index (χ0) is 14.4. The van der Waals surface area contributed by atoms with Crippen molar-refractivity contribution in [3.63, 3.8) is 0 Å². The summed E-state index contributed by atoms with van der Waals surface area (Å²) in [6.07, 6.45) is 9.56. The first-order valence-corrected chi connectivity index (χ1v) is 9.18. The van der Waals surface area contributed by atoms with E-state index >= 15 is 0 Å². The number of likely N-dealkylation sites (N-methyl/N-ethyl adjacent to an activating group) is 1. The van der Waals surface area contributed by atoms with Gasteiger partial charge in [0.25, 0.3) is 0 Å². The molecule has 0 aromatic carbocycles. The maximum atomic E-state index is 5.71. The standard InChI is InChI=1S/C18H32N2O/c1-13-11-20(3-4-21-13)12-17(19-2)18-8-14-5-15(9-18)7-16(6-14)10-18/h13-17,19H,3-12H2,1-2H3. The van der Waals surface area contributed by atoms with Gasteiger partial charge >= 0.3 is 0 Å². The van der Waals surface area contributed by atoms with Gasteiger partial charge in [0.1, 0.15) is 0 Å². The zero-order valence-electron chi connectivity index (χ0n) is 13.8. The van der Waals surface area contributed by atoms with Crippen molar-refractivity contribution >= 4 is 0 Å². The Bertz CT molecular complexity index is 348. The number of nitrogens with zero attached hydrogens (tertiary/aromatic N) is 1. The number of hydrogen-bond acceptors (Lipinski definition) is 3. The molecular weight excluding hydrogens is 260 g/mol. The van der Waals surface area contributed by atoms with Crippen LogP contribution in [-0.4, -0.2) is 50.3 Å². The van der Waals surface area contributed by atoms with E-state index in [1.807, 2.05) is 0 Å². The first kappa shape index (κ1) is 14.5. The van der Waals surface area contributed by atoms with Crippen LogP contribution in [0.25, 0.3) is 0 Å². The summed E-state index contributed by atoms with van der Waals surface area (Å²) in [5, 5.41) is 3.74. The molecule has 0 amide bonds. The molecule has 1 N–H and O–H groups in total. The predicted molar refractivity (Wildman–Crippen MR) is 85.3 cm³/mol. The number of hydrogen-bond donors (Lipinski definition) is 1. The van der Waals surface area contributed by atoms with Gasteiger partial charge in [0.05, 0.1) is 12.7 Å². The van der Waals surface area contributed by atoms with Gasteiger partial charge in [-0.3, -0.25) is 4.90 Å². The average Bonchev–Trinajstić information content (AvgIpc) is 2.43. The lowest BCUT2D eigenvalue weighted by atomic mass is 9.47. The van der Waals surface area contributed by atoms with Crippen LogP contribution in [-0.2, 0) is 4.74 Å². The largest absolute Gasteiger partial charge is 0.376 e. The maximum absolute atomic E-state index is 5.71. The molecule has 120 valence electrons. The molecule has 0 spiro atoms. The minimum absolute atomic E-state index is 0.410. The van der Waals surface area contributed by atoms with Crippen LogP contribution >= 0.6 is 0 Å². The number of rotatable bonds is 4. The minimum atomic E-state index is 0.410. The van der Waals surface area contributed by atoms with Gasteiger partial charge in [0.2, 0.25) is 0 Å². The molecule has 2 unspecified atom stereocenters. The first-order chi connectivity index (χ1) is 10.2. The number of nitrogens with one attached hydrogen (secondary N) is 1. The lowest BCUT2D eigenvalue weighted by molar-refractivity contribution is -0.0859. The van der Waals surface area contributed by atoms with Crippen molar-refractivity contribution in [2.24, 2.45) is 23.2 Å². The van der Waals surface area contributed by atoms with E-state index in [0.29, 0.717) is 17.6 Å². The molecule has 0 radical (unpaired) electrons. The van der Waals surface area contributed by atoms with Gasteiger partial charge in [-0.25, -0.2) is 0 Å². The molecule has 21 heavy (non-hydrogen) atoms. The fraction of sp³-hybridized carbons (Fsp3) is 1.00. The monoisotopic (exact) mass is 292 g/mol. The van der Waals surface area contributed by atoms with Crippen molar-refractivity contribution in [3.05, 3.63) is 0 Å². The lowest BCUT2D eigenvalue weighted by Gasteiger charge is -2.60. The van der Waals surface area contributed by atoms with E-state index in [4.69, 9.17) is 4.74 Å². The topological polar surface area (TPSA) is 24.5 Å². The third-order valence-electron chi connectivity index (χ3n) is 6.94. The molecule has 3 heteroatoms. The first-order valence-electron chi connectivity index (χ1n) is 9.18. The minimum Gasteiger partial charge on any atom is -0.376 e. The van der Waals surface area contributed by atoms with Crippen LogP contribution in [0.5, 0.6) is 0 Å². The van der Waals surface area contributed by atoms with Crippen molar-refractivity contribution in [3.8, 4) is 0 Å². The summed E-state index contributed by atoms with van der Waals surface area (Å²) < 4.78 is 5.71. The van der Waals surface area contributed by atoms with Gasteiger partial charge in [0.15, 0.2) is 0 Å². The zero-order valence-corrected chi connectivity index (χ0v) is 13.8. The van der Waals surface area contributed by atoms with E-state index in [0.717, 1.165) is 37.5 Å². The molecule has 4 aliphatic carbocycles. The van der Waals surface area contributed by atoms with Crippen LogP contribution < -0.4 is 5.32 Å². The molecule has 5 rings (SSSR count). The molecule has 4 saturated carbocycles. The van der Waals surface area contributed by atoms with Gasteiger partial charge in [-0.2, -0.15) is 0 Å². The lowest BCUT2D eigenvalue weighted by Crippen LogP contribution is -2.59. The van der Waals surface area contributed by atoms with E-state index < -0.39 is 0 Å². The summed E-state index contributed by atoms with van der Waals surface area (Å²) in [5.41, 5.74) is 0.616. The van der Waals surface area contributed by atoms with Crippen molar-refractivity contribution in [1.29, 1.82) is 0 Å². The second kappa shape index (κ2) is 5.50. The molecule has 1 heterocycles. The second-order valence-electron chi connectivity index (χ2n) is 8.56. The van der Waals surface area contributed by atoms with Gasteiger partial charge < -0.3 is 10.1 Å². The Morgan fingerprint density at radius 2 is 1.76 bits per heavy atom. The van der Waals surface area contributed by atoms with Crippen LogP contribution in [0.15, 0.2) is 0 Å². The quantitative estimate of drug-likeness (QED) is 0.861. The number of ether oxygens (including phenoxy) is 1. The molecule has 2 atom stereocenters. The molecule has 3 nitrogen and oxygen atoms in total. The smallest absolute Gasteiger partial charge is 0.0674 e. The molecule has 0 aromatic rings. The van der Waals surface area contributed by atoms with Crippen molar-refractivity contribution in [2.75, 3.05) is 33.3 Å². The average molecular weight is 292 g/mol. The van der Waals surface area contributed by atoms with Gasteiger partial charge in [-0.1, -0.05) is 0 Å². The summed E-state index contributed by atoms with van der Waals surface area (Å²) in [5.74, 6) is 3.15. The SMILES string of the molecule is CNC(CN1CCOC(C)C1)C12CC3CC(CC(C3)C1)C2. The maximum Gasteiger partial charge on any atom is 0.0674 e. The summed E-state index contributed by atoms with van der Waals surface area (Å²) in [7, 11) is 2.20. The summed E-state index contributed by atoms with van der Waals surface area (Å²) in [6.45, 7) is 6.60. The van der Waals surface area contributed by atoms with Gasteiger partial charge in [-0.05, 0) is 75.7 Å². The Balaban J connectivity index is 1.47. The molecule has 1 aliphatic heterocycles. The highest BCUT2D eigenvalue weighted by molar-refractivity contribution is 5.06. The van der Waals surface area contributed by atoms with E-state index in [-0.39, 0.29) is 0 Å². The highest BCUT2D eigenvalue weighted by atomic mass is 16.5. The van der Waals surface area contributed by atoms with Gasteiger partial charge in [0, 0.05) is 25.7 Å². The molecule has 0 aromatic heterocycles. The van der Waals surface area contributed by atoms with E-state index in [2.05, 4.69) is 24.2 Å². The van der Waals surface area contributed by atoms with Crippen LogP contribution in [0.1, 0.15) is 45.4 Å². The van der Waals surface area contributed by atoms with Crippen LogP contribution in [0, 0.1) is 23.2 Å². The van der Waals surface area contributed by atoms with E-state index in [9.17, 15) is 0 Å². The summed E-state index contributed by atoms with van der Waals surface area (Å²) in [4.78, 5) is 2.65. The fourth-order valence-electron chi connectivity index (χ4n) is 6.51. The predicted octanol–water partition coefficient (Wildman–Crippen LogP) is 2.51. The third kappa shape index (κ3) is 2.66. The van der Waals surface area contributed by atoms with Crippen LogP contribution in [0.3, 0.4) is 0 Å². The Hall–Kier alpha value is -0.120. The normalized spacial score (nSPS) is 47.7. The fourth-order valence-corrected chi connectivity index (χ4v) is 6.51. The van der Waals surface area contributed by atoms with Crippen LogP contribution in [0.2, 0.25) is 0 Å². The van der Waals surface area contributed by atoms with E-state index in [1.54, 1.807) is 19.3 Å². The molecule has 1 saturated heterocycles. The van der Waals surface area contributed by atoms with Crippen molar-refractivity contribution in [1.82, 2.24) is 10.2 Å². The Kier molecular flexibility index (Phi) is 3.79. The van der Waals surface area contributed by atoms with Crippen molar-refractivity contribution < 1.29 is 4.74 Å². The third-order valence-corrected chi connectivity index (χ3v) is 6.94. The Labute approximate surface area is 129 Å². The summed E-state index contributed by atoms with van der Waals surface area (Å²) in [6, 6.07) is 0.691. The summed E-state index contributed by atoms with van der Waals surface area (Å²) >= 11 is 0. The highest BCUT2D eigenvalue weighted by Crippen LogP contribution is 2.61.